The van der Waals surface area contributed by atoms with Gasteiger partial charge in [-0.3, -0.25) is 9.59 Å². The summed E-state index contributed by atoms with van der Waals surface area (Å²) in [5.74, 6) is 0.604. The molecule has 1 aliphatic rings. The highest BCUT2D eigenvalue weighted by Gasteiger charge is 2.24. The van der Waals surface area contributed by atoms with E-state index in [2.05, 4.69) is 10.6 Å². The molecule has 1 unspecified atom stereocenters. The predicted octanol–water partition coefficient (Wildman–Crippen LogP) is 1.08. The van der Waals surface area contributed by atoms with Crippen LogP contribution >= 0.6 is 0 Å². The maximum absolute atomic E-state index is 12.5. The van der Waals surface area contributed by atoms with Gasteiger partial charge in [0.1, 0.15) is 5.75 Å². The molecule has 1 atom stereocenters. The third-order valence-corrected chi connectivity index (χ3v) is 3.82. The van der Waals surface area contributed by atoms with Gasteiger partial charge in [0.2, 0.25) is 11.8 Å². The zero-order valence-electron chi connectivity index (χ0n) is 13.8. The molecule has 23 heavy (non-hydrogen) atoms. The van der Waals surface area contributed by atoms with E-state index < -0.39 is 0 Å². The molecule has 1 saturated heterocycles. The highest BCUT2D eigenvalue weighted by Crippen LogP contribution is 2.28. The first-order valence-electron chi connectivity index (χ1n) is 8.09. The molecule has 2 N–H and O–H groups in total. The number of hydrogen-bond donors (Lipinski definition) is 2. The van der Waals surface area contributed by atoms with Crippen molar-refractivity contribution in [3.63, 3.8) is 0 Å². The Hall–Kier alpha value is -2.08. The van der Waals surface area contributed by atoms with Gasteiger partial charge in [-0.05, 0) is 13.0 Å². The van der Waals surface area contributed by atoms with Gasteiger partial charge in [0.15, 0.2) is 0 Å². The van der Waals surface area contributed by atoms with Crippen molar-refractivity contribution in [3.8, 4) is 5.75 Å². The van der Waals surface area contributed by atoms with E-state index in [9.17, 15) is 9.59 Å². The van der Waals surface area contributed by atoms with E-state index >= 15 is 0 Å². The monoisotopic (exact) mass is 319 g/mol. The highest BCUT2D eigenvalue weighted by molar-refractivity contribution is 5.79. The van der Waals surface area contributed by atoms with Crippen molar-refractivity contribution in [2.45, 2.75) is 26.3 Å². The maximum Gasteiger partial charge on any atom is 0.225 e. The largest absolute Gasteiger partial charge is 0.494 e. The van der Waals surface area contributed by atoms with E-state index in [1.165, 1.54) is 6.92 Å². The van der Waals surface area contributed by atoms with Crippen LogP contribution in [0.15, 0.2) is 24.3 Å². The Bertz CT molecular complexity index is 542. The minimum absolute atomic E-state index is 0.0524. The van der Waals surface area contributed by atoms with Gasteiger partial charge in [0.05, 0.1) is 19.1 Å². The second-order valence-electron chi connectivity index (χ2n) is 5.56. The molecule has 126 valence electrons. The van der Waals surface area contributed by atoms with Crippen LogP contribution in [0.5, 0.6) is 5.75 Å². The van der Waals surface area contributed by atoms with Crippen molar-refractivity contribution < 1.29 is 14.3 Å². The topological polar surface area (TPSA) is 70.7 Å². The van der Waals surface area contributed by atoms with E-state index in [1.54, 1.807) is 0 Å². The summed E-state index contributed by atoms with van der Waals surface area (Å²) in [5.41, 5.74) is 0.841. The van der Waals surface area contributed by atoms with Crippen LogP contribution < -0.4 is 15.4 Å². The first-order valence-corrected chi connectivity index (χ1v) is 8.09. The first kappa shape index (κ1) is 17.3. The number of ether oxygens (including phenoxy) is 1. The summed E-state index contributed by atoms with van der Waals surface area (Å²) in [4.78, 5) is 25.9. The van der Waals surface area contributed by atoms with E-state index in [1.807, 2.05) is 36.1 Å². The van der Waals surface area contributed by atoms with Crippen LogP contribution in [-0.4, -0.2) is 49.5 Å². The van der Waals surface area contributed by atoms with Crippen LogP contribution in [0.3, 0.4) is 0 Å². The van der Waals surface area contributed by atoms with Gasteiger partial charge >= 0.3 is 0 Å². The number of benzene rings is 1. The molecule has 6 heteroatoms. The Morgan fingerprint density at radius 2 is 2.00 bits per heavy atom. The number of carbonyl (C=O) groups is 2. The fraction of sp³-hybridized carbons (Fsp3) is 0.529. The Labute approximate surface area is 137 Å². The molecule has 0 aliphatic carbocycles. The van der Waals surface area contributed by atoms with E-state index in [0.717, 1.165) is 18.7 Å². The molecule has 2 amide bonds. The molecule has 0 aromatic heterocycles. The van der Waals surface area contributed by atoms with Crippen LogP contribution in [0.25, 0.3) is 0 Å². The minimum atomic E-state index is -0.377. The minimum Gasteiger partial charge on any atom is -0.494 e. The lowest BCUT2D eigenvalue weighted by Crippen LogP contribution is -2.47. The fourth-order valence-electron chi connectivity index (χ4n) is 2.76. The fourth-order valence-corrected chi connectivity index (χ4v) is 2.76. The molecule has 1 aliphatic heterocycles. The van der Waals surface area contributed by atoms with Crippen LogP contribution in [0.1, 0.15) is 31.9 Å². The molecule has 1 aromatic carbocycles. The van der Waals surface area contributed by atoms with E-state index in [-0.39, 0.29) is 24.3 Å². The summed E-state index contributed by atoms with van der Waals surface area (Å²) in [6.07, 6.45) is 0.240. The first-order chi connectivity index (χ1) is 11.1. The predicted molar refractivity (Wildman–Crippen MR) is 88.2 cm³/mol. The number of hydrogen-bond acceptors (Lipinski definition) is 4. The number of nitrogens with one attached hydrogen (secondary N) is 2. The van der Waals surface area contributed by atoms with Gasteiger partial charge in [-0.25, -0.2) is 0 Å². The number of amides is 2. The molecule has 0 bridgehead atoms. The third-order valence-electron chi connectivity index (χ3n) is 3.82. The third kappa shape index (κ3) is 4.96. The van der Waals surface area contributed by atoms with Crippen molar-refractivity contribution >= 4 is 11.8 Å². The Kier molecular flexibility index (Phi) is 6.40. The molecular formula is C17H25N3O3. The van der Waals surface area contributed by atoms with Gasteiger partial charge in [-0.1, -0.05) is 18.2 Å². The molecular weight excluding hydrogens is 294 g/mol. The summed E-state index contributed by atoms with van der Waals surface area (Å²) in [6, 6.07) is 7.16. The number of rotatable bonds is 6. The average Bonchev–Trinajstić information content (AvgIpc) is 2.55. The molecule has 2 rings (SSSR count). The summed E-state index contributed by atoms with van der Waals surface area (Å²) in [6.45, 7) is 6.95. The zero-order valence-corrected chi connectivity index (χ0v) is 13.8. The van der Waals surface area contributed by atoms with Crippen molar-refractivity contribution in [1.29, 1.82) is 0 Å². The van der Waals surface area contributed by atoms with E-state index in [0.29, 0.717) is 25.4 Å². The van der Waals surface area contributed by atoms with Gasteiger partial charge < -0.3 is 20.3 Å². The lowest BCUT2D eigenvalue weighted by atomic mass is 10.0. The number of nitrogens with zero attached hydrogens (tertiary/aromatic N) is 1. The Balaban J connectivity index is 2.16. The van der Waals surface area contributed by atoms with Gasteiger partial charge in [-0.15, -0.1) is 0 Å². The van der Waals surface area contributed by atoms with Crippen LogP contribution in [0.2, 0.25) is 0 Å². The zero-order chi connectivity index (χ0) is 16.7. The number of carbonyl (C=O) groups excluding carboxylic acids is 2. The van der Waals surface area contributed by atoms with Crippen LogP contribution in [0.4, 0.5) is 0 Å². The summed E-state index contributed by atoms with van der Waals surface area (Å²) in [7, 11) is 0. The molecule has 0 radical (unpaired) electrons. The van der Waals surface area contributed by atoms with Crippen molar-refractivity contribution in [3.05, 3.63) is 29.8 Å². The Morgan fingerprint density at radius 3 is 2.65 bits per heavy atom. The van der Waals surface area contributed by atoms with Crippen LogP contribution in [0, 0.1) is 0 Å². The molecule has 0 saturated carbocycles. The standard InChI is InChI=1S/C17H25N3O3/c1-3-23-16-7-5-4-6-14(16)15(19-13(2)21)12-17(22)20-10-8-18-9-11-20/h4-7,15,18H,3,8-12H2,1-2H3,(H,19,21). The smallest absolute Gasteiger partial charge is 0.225 e. The van der Waals surface area contributed by atoms with Crippen molar-refractivity contribution in [1.82, 2.24) is 15.5 Å². The number of para-hydroxylation sites is 1. The normalized spacial score (nSPS) is 15.8. The van der Waals surface area contributed by atoms with Gasteiger partial charge in [0, 0.05) is 38.7 Å². The van der Waals surface area contributed by atoms with E-state index in [4.69, 9.17) is 4.74 Å². The quantitative estimate of drug-likeness (QED) is 0.823. The SMILES string of the molecule is CCOc1ccccc1C(CC(=O)N1CCNCC1)NC(C)=O. The second kappa shape index (κ2) is 8.53. The Morgan fingerprint density at radius 1 is 1.30 bits per heavy atom. The summed E-state index contributed by atoms with van der Waals surface area (Å²) in [5, 5.41) is 6.11. The second-order valence-corrected chi connectivity index (χ2v) is 5.56. The van der Waals surface area contributed by atoms with Gasteiger partial charge in [-0.2, -0.15) is 0 Å². The average molecular weight is 319 g/mol. The van der Waals surface area contributed by atoms with Gasteiger partial charge in [0.25, 0.3) is 0 Å². The lowest BCUT2D eigenvalue weighted by Gasteiger charge is -2.29. The molecule has 1 heterocycles. The maximum atomic E-state index is 12.5. The molecule has 1 aromatic rings. The lowest BCUT2D eigenvalue weighted by molar-refractivity contribution is -0.132. The van der Waals surface area contributed by atoms with Crippen LogP contribution in [-0.2, 0) is 9.59 Å². The van der Waals surface area contributed by atoms with Crippen molar-refractivity contribution in [2.24, 2.45) is 0 Å². The molecule has 0 spiro atoms. The summed E-state index contributed by atoms with van der Waals surface area (Å²) >= 11 is 0. The van der Waals surface area contributed by atoms with Crippen molar-refractivity contribution in [2.75, 3.05) is 32.8 Å². The highest BCUT2D eigenvalue weighted by atomic mass is 16.5. The number of piperazine rings is 1. The molecule has 1 fully saturated rings. The summed E-state index contributed by atoms with van der Waals surface area (Å²) < 4.78 is 5.64. The molecule has 6 nitrogen and oxygen atoms in total.